The molecule has 7 nitrogen and oxygen atoms in total. The molecule has 0 aromatic rings. The highest BCUT2D eigenvalue weighted by atomic mass is 16.4. The van der Waals surface area contributed by atoms with Gasteiger partial charge in [0.05, 0.1) is 6.54 Å². The summed E-state index contributed by atoms with van der Waals surface area (Å²) in [5.41, 5.74) is 0. The highest BCUT2D eigenvalue weighted by Gasteiger charge is 2.19. The maximum atomic E-state index is 11.4. The fourth-order valence-electron chi connectivity index (χ4n) is 1.67. The van der Waals surface area contributed by atoms with Gasteiger partial charge in [-0.15, -0.1) is 0 Å². The number of aliphatic hydroxyl groups excluding tert-OH is 1. The summed E-state index contributed by atoms with van der Waals surface area (Å²) in [6, 6.07) is -0.312. The van der Waals surface area contributed by atoms with Crippen molar-refractivity contribution in [3.05, 3.63) is 0 Å². The Kier molecular flexibility index (Phi) is 5.17. The minimum absolute atomic E-state index is 0.119. The Hall–Kier alpha value is -1.34. The quantitative estimate of drug-likeness (QED) is 0.499. The van der Waals surface area contributed by atoms with E-state index in [1.165, 1.54) is 0 Å². The molecule has 98 valence electrons. The van der Waals surface area contributed by atoms with Gasteiger partial charge in [0.2, 0.25) is 0 Å². The van der Waals surface area contributed by atoms with Crippen LogP contribution in [0.1, 0.15) is 12.8 Å². The average molecular weight is 245 g/mol. The Balaban J connectivity index is 2.19. The van der Waals surface area contributed by atoms with Crippen LogP contribution < -0.4 is 10.6 Å². The van der Waals surface area contributed by atoms with Gasteiger partial charge < -0.3 is 25.7 Å². The Morgan fingerprint density at radius 2 is 2.00 bits per heavy atom. The molecule has 2 amide bonds. The summed E-state index contributed by atoms with van der Waals surface area (Å²) in [6.07, 6.45) is 0.204. The summed E-state index contributed by atoms with van der Waals surface area (Å²) in [7, 11) is 2.03. The minimum Gasteiger partial charge on any atom is -0.479 e. The first-order valence-corrected chi connectivity index (χ1v) is 5.63. The van der Waals surface area contributed by atoms with Crippen molar-refractivity contribution in [3.8, 4) is 0 Å². The van der Waals surface area contributed by atoms with Crippen molar-refractivity contribution in [2.24, 2.45) is 0 Å². The van der Waals surface area contributed by atoms with Crippen molar-refractivity contribution >= 4 is 12.0 Å². The Morgan fingerprint density at radius 3 is 2.53 bits per heavy atom. The van der Waals surface area contributed by atoms with E-state index in [4.69, 9.17) is 10.2 Å². The maximum absolute atomic E-state index is 11.4. The number of carbonyl (C=O) groups is 2. The number of likely N-dealkylation sites (tertiary alicyclic amines) is 1. The molecule has 0 radical (unpaired) electrons. The van der Waals surface area contributed by atoms with Gasteiger partial charge in [0.25, 0.3) is 0 Å². The normalized spacial score (nSPS) is 19.6. The molecule has 1 rings (SSSR count). The van der Waals surface area contributed by atoms with Crippen LogP contribution in [0.2, 0.25) is 0 Å². The Labute approximate surface area is 99.8 Å². The molecule has 17 heavy (non-hydrogen) atoms. The van der Waals surface area contributed by atoms with Gasteiger partial charge >= 0.3 is 12.0 Å². The molecular formula is C10H19N3O4. The highest BCUT2D eigenvalue weighted by Crippen LogP contribution is 2.07. The van der Waals surface area contributed by atoms with Gasteiger partial charge in [0.15, 0.2) is 6.10 Å². The van der Waals surface area contributed by atoms with Crippen molar-refractivity contribution in [2.45, 2.75) is 25.0 Å². The van der Waals surface area contributed by atoms with E-state index in [1.54, 1.807) is 0 Å². The number of rotatable bonds is 4. The topological polar surface area (TPSA) is 102 Å². The lowest BCUT2D eigenvalue weighted by Crippen LogP contribution is -2.49. The van der Waals surface area contributed by atoms with Gasteiger partial charge in [0.1, 0.15) is 0 Å². The molecule has 1 aliphatic heterocycles. The van der Waals surface area contributed by atoms with Crippen molar-refractivity contribution in [1.29, 1.82) is 0 Å². The molecule has 1 aliphatic rings. The fourth-order valence-corrected chi connectivity index (χ4v) is 1.67. The zero-order chi connectivity index (χ0) is 12.8. The predicted molar refractivity (Wildman–Crippen MR) is 60.7 cm³/mol. The second-order valence-electron chi connectivity index (χ2n) is 4.29. The summed E-state index contributed by atoms with van der Waals surface area (Å²) >= 11 is 0. The standard InChI is InChI=1S/C10H19N3O4/c1-13-4-2-7(3-5-13)12-10(17)11-6-8(14)9(15)16/h7-8,14H,2-6H2,1H3,(H,15,16)(H2,11,12,17). The molecule has 4 N–H and O–H groups in total. The van der Waals surface area contributed by atoms with Crippen LogP contribution >= 0.6 is 0 Å². The van der Waals surface area contributed by atoms with E-state index < -0.39 is 18.1 Å². The third kappa shape index (κ3) is 5.01. The number of piperidine rings is 1. The Bertz CT molecular complexity index is 277. The van der Waals surface area contributed by atoms with Crippen LogP contribution in [0.4, 0.5) is 4.79 Å². The Morgan fingerprint density at radius 1 is 1.41 bits per heavy atom. The second-order valence-corrected chi connectivity index (χ2v) is 4.29. The van der Waals surface area contributed by atoms with Crippen molar-refractivity contribution < 1.29 is 19.8 Å². The number of aliphatic carboxylic acids is 1. The van der Waals surface area contributed by atoms with Crippen LogP contribution in [0, 0.1) is 0 Å². The SMILES string of the molecule is CN1CCC(NC(=O)NCC(O)C(=O)O)CC1. The van der Waals surface area contributed by atoms with Crippen LogP contribution in [0.3, 0.4) is 0 Å². The van der Waals surface area contributed by atoms with Crippen LogP contribution in [-0.2, 0) is 4.79 Å². The monoisotopic (exact) mass is 245 g/mol. The zero-order valence-electron chi connectivity index (χ0n) is 9.85. The minimum atomic E-state index is -1.56. The van der Waals surface area contributed by atoms with Gasteiger partial charge in [0, 0.05) is 6.04 Å². The number of carboxylic acids is 1. The molecule has 0 aromatic carbocycles. The van der Waals surface area contributed by atoms with Crippen molar-refractivity contribution in [2.75, 3.05) is 26.7 Å². The lowest BCUT2D eigenvalue weighted by molar-refractivity contribution is -0.146. The van der Waals surface area contributed by atoms with Gasteiger partial charge in [-0.1, -0.05) is 0 Å². The molecular weight excluding hydrogens is 226 g/mol. The number of carboxylic acid groups (broad SMARTS) is 1. The van der Waals surface area contributed by atoms with E-state index in [9.17, 15) is 9.59 Å². The van der Waals surface area contributed by atoms with Gasteiger partial charge in [-0.25, -0.2) is 9.59 Å². The van der Waals surface area contributed by atoms with Gasteiger partial charge in [-0.3, -0.25) is 0 Å². The summed E-state index contributed by atoms with van der Waals surface area (Å²) in [4.78, 5) is 23.9. The number of aliphatic hydroxyl groups is 1. The molecule has 1 atom stereocenters. The second kappa shape index (κ2) is 6.41. The highest BCUT2D eigenvalue weighted by molar-refractivity contribution is 5.76. The van der Waals surface area contributed by atoms with Crippen LogP contribution in [0.5, 0.6) is 0 Å². The molecule has 0 bridgehead atoms. The van der Waals surface area contributed by atoms with Gasteiger partial charge in [-0.2, -0.15) is 0 Å². The van der Waals surface area contributed by atoms with E-state index in [0.717, 1.165) is 25.9 Å². The van der Waals surface area contributed by atoms with E-state index in [2.05, 4.69) is 15.5 Å². The molecule has 1 heterocycles. The van der Waals surface area contributed by atoms with E-state index in [0.29, 0.717) is 0 Å². The smallest absolute Gasteiger partial charge is 0.334 e. The molecule has 7 heteroatoms. The number of hydrogen-bond donors (Lipinski definition) is 4. The van der Waals surface area contributed by atoms with Crippen LogP contribution in [0.25, 0.3) is 0 Å². The van der Waals surface area contributed by atoms with E-state index in [-0.39, 0.29) is 12.6 Å². The fraction of sp³-hybridized carbons (Fsp3) is 0.800. The van der Waals surface area contributed by atoms with Crippen LogP contribution in [0.15, 0.2) is 0 Å². The lowest BCUT2D eigenvalue weighted by atomic mass is 10.1. The van der Waals surface area contributed by atoms with E-state index >= 15 is 0 Å². The van der Waals surface area contributed by atoms with Crippen molar-refractivity contribution in [3.63, 3.8) is 0 Å². The summed E-state index contributed by atoms with van der Waals surface area (Å²) in [5, 5.41) is 22.5. The number of urea groups is 1. The average Bonchev–Trinajstić information content (AvgIpc) is 2.29. The van der Waals surface area contributed by atoms with E-state index in [1.807, 2.05) is 7.05 Å². The molecule has 1 saturated heterocycles. The molecule has 1 unspecified atom stereocenters. The molecule has 0 aromatic heterocycles. The summed E-state index contributed by atoms with van der Waals surface area (Å²) in [5.74, 6) is -1.34. The lowest BCUT2D eigenvalue weighted by Gasteiger charge is -2.29. The predicted octanol–water partition coefficient (Wildman–Crippen LogP) is -1.17. The summed E-state index contributed by atoms with van der Waals surface area (Å²) in [6.45, 7) is 1.58. The van der Waals surface area contributed by atoms with Crippen LogP contribution in [-0.4, -0.2) is 65.9 Å². The number of hydrogen-bond acceptors (Lipinski definition) is 4. The molecule has 1 fully saturated rings. The third-order valence-corrected chi connectivity index (χ3v) is 2.79. The number of amides is 2. The first-order valence-electron chi connectivity index (χ1n) is 5.63. The number of nitrogens with zero attached hydrogens (tertiary/aromatic N) is 1. The maximum Gasteiger partial charge on any atom is 0.334 e. The number of carbonyl (C=O) groups excluding carboxylic acids is 1. The first-order chi connectivity index (χ1) is 7.99. The third-order valence-electron chi connectivity index (χ3n) is 2.79. The largest absolute Gasteiger partial charge is 0.479 e. The summed E-state index contributed by atoms with van der Waals surface area (Å²) < 4.78 is 0. The van der Waals surface area contributed by atoms with Crippen molar-refractivity contribution in [1.82, 2.24) is 15.5 Å². The number of nitrogens with one attached hydrogen (secondary N) is 2. The first kappa shape index (κ1) is 13.7. The molecule has 0 spiro atoms. The molecule has 0 saturated carbocycles. The van der Waals surface area contributed by atoms with Gasteiger partial charge in [-0.05, 0) is 33.0 Å². The zero-order valence-corrected chi connectivity index (χ0v) is 9.85. The molecule has 0 aliphatic carbocycles.